The van der Waals surface area contributed by atoms with Crippen LogP contribution in [0.2, 0.25) is 0 Å². The first-order valence-electron chi connectivity index (χ1n) is 8.08. The van der Waals surface area contributed by atoms with E-state index in [4.69, 9.17) is 0 Å². The highest BCUT2D eigenvalue weighted by Crippen LogP contribution is 2.26. The van der Waals surface area contributed by atoms with Crippen LogP contribution in [-0.4, -0.2) is 12.6 Å². The van der Waals surface area contributed by atoms with Gasteiger partial charge in [0.1, 0.15) is 0 Å². The Balaban J connectivity index is 1.64. The third-order valence-electron chi connectivity index (χ3n) is 4.80. The zero-order valence-electron chi connectivity index (χ0n) is 12.6. The van der Waals surface area contributed by atoms with Crippen molar-refractivity contribution in [3.63, 3.8) is 0 Å². The maximum atomic E-state index is 3.77. The van der Waals surface area contributed by atoms with Gasteiger partial charge >= 0.3 is 0 Å². The van der Waals surface area contributed by atoms with Gasteiger partial charge in [-0.1, -0.05) is 50.6 Å². The highest BCUT2D eigenvalue weighted by Gasteiger charge is 2.19. The fourth-order valence-corrected chi connectivity index (χ4v) is 3.23. The summed E-state index contributed by atoms with van der Waals surface area (Å²) in [5.41, 5.74) is 1.47. The summed E-state index contributed by atoms with van der Waals surface area (Å²) < 4.78 is 0. The first-order chi connectivity index (χ1) is 9.29. The van der Waals surface area contributed by atoms with E-state index in [0.717, 1.165) is 18.5 Å². The summed E-state index contributed by atoms with van der Waals surface area (Å²) in [6.07, 6.45) is 8.26. The molecule has 1 nitrogen and oxygen atoms in total. The van der Waals surface area contributed by atoms with Crippen molar-refractivity contribution in [3.05, 3.63) is 35.9 Å². The molecule has 1 unspecified atom stereocenters. The van der Waals surface area contributed by atoms with Crippen molar-refractivity contribution in [3.8, 4) is 0 Å². The lowest BCUT2D eigenvalue weighted by molar-refractivity contribution is 0.285. The molecule has 1 N–H and O–H groups in total. The molecule has 1 fully saturated rings. The van der Waals surface area contributed by atoms with Crippen LogP contribution in [0, 0.1) is 5.92 Å². The molecule has 0 radical (unpaired) electrons. The molecule has 1 heteroatoms. The van der Waals surface area contributed by atoms with Crippen molar-refractivity contribution in [2.45, 2.75) is 64.3 Å². The minimum atomic E-state index is 0.667. The molecule has 0 heterocycles. The van der Waals surface area contributed by atoms with Crippen LogP contribution in [0.25, 0.3) is 0 Å². The Bertz CT molecular complexity index is 338. The van der Waals surface area contributed by atoms with E-state index in [1.165, 1.54) is 44.1 Å². The topological polar surface area (TPSA) is 12.0 Å². The molecule has 1 aliphatic carbocycles. The smallest absolute Gasteiger partial charge is 0.00672 e. The monoisotopic (exact) mass is 259 g/mol. The molecule has 106 valence electrons. The molecular weight excluding hydrogens is 230 g/mol. The van der Waals surface area contributed by atoms with Crippen LogP contribution in [0.5, 0.6) is 0 Å². The Hall–Kier alpha value is -0.820. The van der Waals surface area contributed by atoms with Gasteiger partial charge in [-0.3, -0.25) is 0 Å². The fourth-order valence-electron chi connectivity index (χ4n) is 3.23. The van der Waals surface area contributed by atoms with E-state index >= 15 is 0 Å². The van der Waals surface area contributed by atoms with Crippen LogP contribution in [0.3, 0.4) is 0 Å². The zero-order chi connectivity index (χ0) is 13.5. The lowest BCUT2D eigenvalue weighted by atomic mass is 9.84. The largest absolute Gasteiger partial charge is 0.314 e. The second-order valence-electron chi connectivity index (χ2n) is 6.18. The maximum absolute atomic E-state index is 3.77. The second kappa shape index (κ2) is 7.69. The second-order valence-corrected chi connectivity index (χ2v) is 6.18. The first kappa shape index (κ1) is 14.6. The molecule has 2 rings (SSSR count). The highest BCUT2D eigenvalue weighted by atomic mass is 14.9. The molecule has 1 atom stereocenters. The predicted molar refractivity (Wildman–Crippen MR) is 83.5 cm³/mol. The van der Waals surface area contributed by atoms with Gasteiger partial charge in [-0.15, -0.1) is 0 Å². The van der Waals surface area contributed by atoms with E-state index in [1.54, 1.807) is 0 Å². The van der Waals surface area contributed by atoms with Crippen LogP contribution in [0.15, 0.2) is 30.3 Å². The van der Waals surface area contributed by atoms with Crippen molar-refractivity contribution in [2.24, 2.45) is 5.92 Å². The number of nitrogens with one attached hydrogen (secondary N) is 1. The Morgan fingerprint density at radius 2 is 1.79 bits per heavy atom. The van der Waals surface area contributed by atoms with E-state index < -0.39 is 0 Å². The van der Waals surface area contributed by atoms with E-state index in [1.807, 2.05) is 0 Å². The molecule has 1 aliphatic rings. The van der Waals surface area contributed by atoms with E-state index in [2.05, 4.69) is 49.5 Å². The molecule has 0 saturated heterocycles. The van der Waals surface area contributed by atoms with Gasteiger partial charge in [0.05, 0.1) is 0 Å². The van der Waals surface area contributed by atoms with Gasteiger partial charge in [-0.05, 0) is 56.0 Å². The van der Waals surface area contributed by atoms with E-state index in [9.17, 15) is 0 Å². The van der Waals surface area contributed by atoms with Crippen molar-refractivity contribution in [2.75, 3.05) is 6.54 Å². The van der Waals surface area contributed by atoms with Crippen LogP contribution >= 0.6 is 0 Å². The van der Waals surface area contributed by atoms with Crippen LogP contribution < -0.4 is 5.32 Å². The number of benzene rings is 1. The molecule has 1 aromatic carbocycles. The summed E-state index contributed by atoms with van der Waals surface area (Å²) >= 11 is 0. The molecular formula is C18H29N. The van der Waals surface area contributed by atoms with Gasteiger partial charge < -0.3 is 5.32 Å². The number of rotatable bonds is 6. The SMILES string of the molecule is CCC1CCC(NCCC(C)c2ccccc2)CC1. The lowest BCUT2D eigenvalue weighted by Crippen LogP contribution is -2.34. The molecule has 1 aromatic rings. The molecule has 0 aliphatic heterocycles. The number of hydrogen-bond donors (Lipinski definition) is 1. The van der Waals surface area contributed by atoms with Crippen molar-refractivity contribution in [1.82, 2.24) is 5.32 Å². The normalized spacial score (nSPS) is 25.2. The summed E-state index contributed by atoms with van der Waals surface area (Å²) in [6, 6.07) is 11.7. The first-order valence-corrected chi connectivity index (χ1v) is 8.08. The van der Waals surface area contributed by atoms with Crippen molar-refractivity contribution < 1.29 is 0 Å². The highest BCUT2D eigenvalue weighted by molar-refractivity contribution is 5.18. The Labute approximate surface area is 118 Å². The average molecular weight is 259 g/mol. The third-order valence-corrected chi connectivity index (χ3v) is 4.80. The molecule has 0 bridgehead atoms. The van der Waals surface area contributed by atoms with Crippen LogP contribution in [0.4, 0.5) is 0 Å². The van der Waals surface area contributed by atoms with Gasteiger partial charge in [0.2, 0.25) is 0 Å². The van der Waals surface area contributed by atoms with Gasteiger partial charge in [-0.25, -0.2) is 0 Å². The van der Waals surface area contributed by atoms with Gasteiger partial charge in [0, 0.05) is 6.04 Å². The molecule has 0 aromatic heterocycles. The molecule has 1 saturated carbocycles. The number of hydrogen-bond acceptors (Lipinski definition) is 1. The Kier molecular flexibility index (Phi) is 5.91. The summed E-state index contributed by atoms with van der Waals surface area (Å²) in [6.45, 7) is 5.84. The minimum Gasteiger partial charge on any atom is -0.314 e. The quantitative estimate of drug-likeness (QED) is 0.778. The lowest BCUT2D eigenvalue weighted by Gasteiger charge is -2.29. The Morgan fingerprint density at radius 1 is 1.11 bits per heavy atom. The zero-order valence-corrected chi connectivity index (χ0v) is 12.6. The maximum Gasteiger partial charge on any atom is 0.00672 e. The molecule has 0 amide bonds. The molecule has 19 heavy (non-hydrogen) atoms. The van der Waals surface area contributed by atoms with Crippen LogP contribution in [-0.2, 0) is 0 Å². The van der Waals surface area contributed by atoms with Crippen molar-refractivity contribution >= 4 is 0 Å². The predicted octanol–water partition coefficient (Wildman–Crippen LogP) is 4.74. The van der Waals surface area contributed by atoms with E-state index in [-0.39, 0.29) is 0 Å². The van der Waals surface area contributed by atoms with E-state index in [0.29, 0.717) is 5.92 Å². The Morgan fingerprint density at radius 3 is 2.42 bits per heavy atom. The summed E-state index contributed by atoms with van der Waals surface area (Å²) in [5, 5.41) is 3.77. The summed E-state index contributed by atoms with van der Waals surface area (Å²) in [5.74, 6) is 1.67. The van der Waals surface area contributed by atoms with Gasteiger partial charge in [0.15, 0.2) is 0 Å². The minimum absolute atomic E-state index is 0.667. The third kappa shape index (κ3) is 4.65. The molecule has 0 spiro atoms. The van der Waals surface area contributed by atoms with Crippen LogP contribution in [0.1, 0.15) is 63.9 Å². The standard InChI is InChI=1S/C18H29N/c1-3-16-9-11-18(12-10-16)19-14-13-15(2)17-7-5-4-6-8-17/h4-8,15-16,18-19H,3,9-14H2,1-2H3. The summed E-state index contributed by atoms with van der Waals surface area (Å²) in [4.78, 5) is 0. The van der Waals surface area contributed by atoms with Gasteiger partial charge in [0.25, 0.3) is 0 Å². The fraction of sp³-hybridized carbons (Fsp3) is 0.667. The van der Waals surface area contributed by atoms with Crippen molar-refractivity contribution in [1.29, 1.82) is 0 Å². The van der Waals surface area contributed by atoms with Gasteiger partial charge in [-0.2, -0.15) is 0 Å². The summed E-state index contributed by atoms with van der Waals surface area (Å²) in [7, 11) is 0. The average Bonchev–Trinajstić information content (AvgIpc) is 2.49.